The highest BCUT2D eigenvalue weighted by Crippen LogP contribution is 2.36. The molecule has 0 aromatic heterocycles. The maximum absolute atomic E-state index is 11.8. The van der Waals surface area contributed by atoms with Gasteiger partial charge in [0.25, 0.3) is 0 Å². The van der Waals surface area contributed by atoms with Crippen LogP contribution >= 0.6 is 0 Å². The van der Waals surface area contributed by atoms with E-state index in [2.05, 4.69) is 12.2 Å². The first-order valence-corrected chi connectivity index (χ1v) is 6.04. The Hall–Kier alpha value is -0.570. The summed E-state index contributed by atoms with van der Waals surface area (Å²) in [6.45, 7) is 6.84. The first kappa shape index (κ1) is 12.5. The van der Waals surface area contributed by atoms with Gasteiger partial charge in [-0.1, -0.05) is 20.3 Å². The second-order valence-electron chi connectivity index (χ2n) is 5.19. The van der Waals surface area contributed by atoms with Crippen LogP contribution in [0.5, 0.6) is 0 Å². The molecular formula is C12H24N2O. The van der Waals surface area contributed by atoms with Crippen LogP contribution in [0.15, 0.2) is 0 Å². The zero-order chi connectivity index (χ0) is 11.5. The molecule has 1 amide bonds. The molecule has 0 saturated heterocycles. The van der Waals surface area contributed by atoms with E-state index < -0.39 is 5.54 Å². The van der Waals surface area contributed by atoms with Crippen molar-refractivity contribution in [2.45, 2.75) is 52.0 Å². The second kappa shape index (κ2) is 4.97. The van der Waals surface area contributed by atoms with Gasteiger partial charge in [-0.15, -0.1) is 0 Å². The van der Waals surface area contributed by atoms with Gasteiger partial charge in [-0.2, -0.15) is 0 Å². The number of carbonyl (C=O) groups excluding carboxylic acids is 1. The lowest BCUT2D eigenvalue weighted by atomic mass is 9.96. The number of amides is 1. The minimum absolute atomic E-state index is 0.00292. The number of hydrogen-bond donors (Lipinski definition) is 2. The molecule has 0 radical (unpaired) electrons. The number of nitrogens with two attached hydrogens (primary N) is 1. The van der Waals surface area contributed by atoms with E-state index in [0.29, 0.717) is 5.92 Å². The minimum Gasteiger partial charge on any atom is -0.354 e. The van der Waals surface area contributed by atoms with Crippen LogP contribution in [0, 0.1) is 11.8 Å². The maximum atomic E-state index is 11.8. The average Bonchev–Trinajstić information content (AvgIpc) is 2.96. The van der Waals surface area contributed by atoms with Crippen molar-refractivity contribution < 1.29 is 4.79 Å². The SMILES string of the molecule is CCCC(C)(N)C(=O)NCC(C)C1CC1. The molecule has 0 heterocycles. The molecular weight excluding hydrogens is 188 g/mol. The van der Waals surface area contributed by atoms with Gasteiger partial charge in [-0.05, 0) is 38.0 Å². The Labute approximate surface area is 92.8 Å². The van der Waals surface area contributed by atoms with Crippen molar-refractivity contribution in [2.75, 3.05) is 6.54 Å². The van der Waals surface area contributed by atoms with E-state index >= 15 is 0 Å². The van der Waals surface area contributed by atoms with Gasteiger partial charge in [-0.25, -0.2) is 0 Å². The van der Waals surface area contributed by atoms with E-state index in [4.69, 9.17) is 5.73 Å². The minimum atomic E-state index is -0.696. The molecule has 1 rings (SSSR count). The lowest BCUT2D eigenvalue weighted by Crippen LogP contribution is -2.52. The highest BCUT2D eigenvalue weighted by molar-refractivity contribution is 5.85. The number of rotatable bonds is 6. The zero-order valence-corrected chi connectivity index (χ0v) is 10.2. The molecule has 3 N–H and O–H groups in total. The van der Waals surface area contributed by atoms with Crippen molar-refractivity contribution in [1.82, 2.24) is 5.32 Å². The van der Waals surface area contributed by atoms with Crippen LogP contribution in [0.3, 0.4) is 0 Å². The number of carbonyl (C=O) groups is 1. The molecule has 1 saturated carbocycles. The average molecular weight is 212 g/mol. The summed E-state index contributed by atoms with van der Waals surface area (Å²) in [6.07, 6.45) is 4.34. The Morgan fingerprint density at radius 3 is 2.67 bits per heavy atom. The third-order valence-corrected chi connectivity index (χ3v) is 3.30. The Morgan fingerprint density at radius 2 is 2.20 bits per heavy atom. The number of hydrogen-bond acceptors (Lipinski definition) is 2. The summed E-state index contributed by atoms with van der Waals surface area (Å²) in [5.41, 5.74) is 5.24. The van der Waals surface area contributed by atoms with E-state index in [1.807, 2.05) is 13.8 Å². The van der Waals surface area contributed by atoms with Crippen molar-refractivity contribution in [3.63, 3.8) is 0 Å². The summed E-state index contributed by atoms with van der Waals surface area (Å²) >= 11 is 0. The highest BCUT2D eigenvalue weighted by atomic mass is 16.2. The fraction of sp³-hybridized carbons (Fsp3) is 0.917. The largest absolute Gasteiger partial charge is 0.354 e. The fourth-order valence-electron chi connectivity index (χ4n) is 1.92. The first-order chi connectivity index (χ1) is 6.97. The van der Waals surface area contributed by atoms with Crippen LogP contribution in [-0.4, -0.2) is 18.0 Å². The van der Waals surface area contributed by atoms with Gasteiger partial charge in [0.1, 0.15) is 0 Å². The molecule has 88 valence electrons. The van der Waals surface area contributed by atoms with Crippen molar-refractivity contribution in [1.29, 1.82) is 0 Å². The van der Waals surface area contributed by atoms with Gasteiger partial charge in [0.15, 0.2) is 0 Å². The van der Waals surface area contributed by atoms with E-state index in [0.717, 1.165) is 25.3 Å². The van der Waals surface area contributed by atoms with Gasteiger partial charge >= 0.3 is 0 Å². The Bertz CT molecular complexity index is 222. The van der Waals surface area contributed by atoms with Crippen molar-refractivity contribution in [2.24, 2.45) is 17.6 Å². The van der Waals surface area contributed by atoms with Gasteiger partial charge in [0.05, 0.1) is 5.54 Å². The maximum Gasteiger partial charge on any atom is 0.239 e. The topological polar surface area (TPSA) is 55.1 Å². The van der Waals surface area contributed by atoms with Crippen LogP contribution in [0.4, 0.5) is 0 Å². The molecule has 2 unspecified atom stereocenters. The van der Waals surface area contributed by atoms with E-state index in [-0.39, 0.29) is 5.91 Å². The fourth-order valence-corrected chi connectivity index (χ4v) is 1.92. The molecule has 1 aliphatic rings. The quantitative estimate of drug-likeness (QED) is 0.703. The predicted octanol–water partition coefficient (Wildman–Crippen LogP) is 1.67. The zero-order valence-electron chi connectivity index (χ0n) is 10.2. The monoisotopic (exact) mass is 212 g/mol. The van der Waals surface area contributed by atoms with Crippen LogP contribution in [-0.2, 0) is 4.79 Å². The molecule has 0 bridgehead atoms. The molecule has 3 heteroatoms. The molecule has 1 fully saturated rings. The summed E-state index contributed by atoms with van der Waals surface area (Å²) in [4.78, 5) is 11.8. The number of nitrogens with one attached hydrogen (secondary N) is 1. The van der Waals surface area contributed by atoms with E-state index in [1.165, 1.54) is 12.8 Å². The van der Waals surface area contributed by atoms with Crippen LogP contribution in [0.2, 0.25) is 0 Å². The summed E-state index contributed by atoms with van der Waals surface area (Å²) < 4.78 is 0. The molecule has 3 nitrogen and oxygen atoms in total. The lowest BCUT2D eigenvalue weighted by Gasteiger charge is -2.24. The molecule has 0 aromatic carbocycles. The Kier molecular flexibility index (Phi) is 4.14. The summed E-state index contributed by atoms with van der Waals surface area (Å²) in [7, 11) is 0. The van der Waals surface area contributed by atoms with E-state index in [1.54, 1.807) is 0 Å². The summed E-state index contributed by atoms with van der Waals surface area (Å²) in [6, 6.07) is 0. The highest BCUT2D eigenvalue weighted by Gasteiger charge is 2.30. The van der Waals surface area contributed by atoms with Crippen LogP contribution in [0.1, 0.15) is 46.5 Å². The standard InChI is InChI=1S/C12H24N2O/c1-4-7-12(3,13)11(15)14-8-9(2)10-5-6-10/h9-10H,4-8,13H2,1-3H3,(H,14,15). The Morgan fingerprint density at radius 1 is 1.60 bits per heavy atom. The molecule has 1 aliphatic carbocycles. The third-order valence-electron chi connectivity index (χ3n) is 3.30. The van der Waals surface area contributed by atoms with Crippen LogP contribution in [0.25, 0.3) is 0 Å². The van der Waals surface area contributed by atoms with Crippen molar-refractivity contribution in [3.8, 4) is 0 Å². The molecule has 15 heavy (non-hydrogen) atoms. The van der Waals surface area contributed by atoms with Crippen molar-refractivity contribution in [3.05, 3.63) is 0 Å². The molecule has 0 aromatic rings. The lowest BCUT2D eigenvalue weighted by molar-refractivity contribution is -0.126. The Balaban J connectivity index is 2.27. The molecule has 0 spiro atoms. The summed E-state index contributed by atoms with van der Waals surface area (Å²) in [5, 5.41) is 2.96. The van der Waals surface area contributed by atoms with Crippen LogP contribution < -0.4 is 11.1 Å². The second-order valence-corrected chi connectivity index (χ2v) is 5.19. The normalized spacial score (nSPS) is 21.9. The summed E-state index contributed by atoms with van der Waals surface area (Å²) in [5.74, 6) is 1.43. The van der Waals surface area contributed by atoms with Gasteiger partial charge in [0.2, 0.25) is 5.91 Å². The van der Waals surface area contributed by atoms with E-state index in [9.17, 15) is 4.79 Å². The smallest absolute Gasteiger partial charge is 0.239 e. The first-order valence-electron chi connectivity index (χ1n) is 6.04. The third kappa shape index (κ3) is 3.82. The van der Waals surface area contributed by atoms with Gasteiger partial charge in [0, 0.05) is 6.54 Å². The molecule has 0 aliphatic heterocycles. The van der Waals surface area contributed by atoms with Crippen molar-refractivity contribution >= 4 is 5.91 Å². The predicted molar refractivity (Wildman–Crippen MR) is 62.4 cm³/mol. The van der Waals surface area contributed by atoms with Gasteiger partial charge < -0.3 is 11.1 Å². The van der Waals surface area contributed by atoms with Gasteiger partial charge in [-0.3, -0.25) is 4.79 Å². The molecule has 2 atom stereocenters.